The highest BCUT2D eigenvalue weighted by Gasteiger charge is 2.21. The molecule has 134 valence electrons. The summed E-state index contributed by atoms with van der Waals surface area (Å²) < 4.78 is 1.94. The highest BCUT2D eigenvalue weighted by Crippen LogP contribution is 2.27. The summed E-state index contributed by atoms with van der Waals surface area (Å²) in [6.07, 6.45) is 4.23. The van der Waals surface area contributed by atoms with Crippen LogP contribution in [0.5, 0.6) is 0 Å². The Morgan fingerprint density at radius 1 is 1.33 bits per heavy atom. The van der Waals surface area contributed by atoms with Crippen molar-refractivity contribution in [2.24, 2.45) is 10.9 Å². The number of amidine groups is 1. The minimum Gasteiger partial charge on any atom is -0.349 e. The van der Waals surface area contributed by atoms with Gasteiger partial charge in [-0.05, 0) is 45.9 Å². The lowest BCUT2D eigenvalue weighted by molar-refractivity contribution is -0.108. The molecule has 1 heterocycles. The van der Waals surface area contributed by atoms with Crippen LogP contribution < -0.4 is 10.6 Å². The monoisotopic (exact) mass is 352 g/mol. The van der Waals surface area contributed by atoms with Crippen molar-refractivity contribution >= 4 is 35.1 Å². The summed E-state index contributed by atoms with van der Waals surface area (Å²) >= 11 is 1.33. The van der Waals surface area contributed by atoms with Crippen LogP contribution in [0.15, 0.2) is 17.3 Å². The van der Waals surface area contributed by atoms with Crippen LogP contribution in [0.2, 0.25) is 0 Å². The lowest BCUT2D eigenvalue weighted by atomic mass is 10.1. The molecule has 2 amide bonds. The molecule has 1 aromatic heterocycles. The summed E-state index contributed by atoms with van der Waals surface area (Å²) in [5.74, 6) is 0.865. The number of rotatable bonds is 5. The Labute approximate surface area is 148 Å². The number of aromatic nitrogens is 1. The second-order valence-corrected chi connectivity index (χ2v) is 7.81. The molecule has 0 aliphatic heterocycles. The molecule has 0 saturated carbocycles. The number of thioether (sulfide) groups is 1. The summed E-state index contributed by atoms with van der Waals surface area (Å²) in [6.45, 7) is 12.2. The smallest absolute Gasteiger partial charge is 0.253 e. The molecule has 6 nitrogen and oxygen atoms in total. The highest BCUT2D eigenvalue weighted by molar-refractivity contribution is 8.13. The van der Waals surface area contributed by atoms with E-state index in [4.69, 9.17) is 0 Å². The van der Waals surface area contributed by atoms with E-state index >= 15 is 0 Å². The van der Waals surface area contributed by atoms with Gasteiger partial charge in [0, 0.05) is 17.8 Å². The first kappa shape index (κ1) is 20.3. The number of nitrogens with zero attached hydrogens (tertiary/aromatic N) is 2. The molecule has 0 fully saturated rings. The van der Waals surface area contributed by atoms with E-state index in [-0.39, 0.29) is 17.5 Å². The van der Waals surface area contributed by atoms with Crippen LogP contribution in [-0.2, 0) is 10.3 Å². The minimum absolute atomic E-state index is 0.0842. The number of hydrogen-bond donors (Lipinski definition) is 2. The van der Waals surface area contributed by atoms with Gasteiger partial charge in [-0.25, -0.2) is 4.99 Å². The van der Waals surface area contributed by atoms with E-state index in [1.165, 1.54) is 11.8 Å². The van der Waals surface area contributed by atoms with Crippen molar-refractivity contribution in [2.75, 3.05) is 6.26 Å². The Morgan fingerprint density at radius 3 is 2.42 bits per heavy atom. The Kier molecular flexibility index (Phi) is 7.08. The fraction of sp³-hybridized carbons (Fsp3) is 0.588. The maximum atomic E-state index is 12.5. The van der Waals surface area contributed by atoms with Crippen molar-refractivity contribution in [2.45, 2.75) is 53.1 Å². The summed E-state index contributed by atoms with van der Waals surface area (Å²) in [7, 11) is 0. The van der Waals surface area contributed by atoms with Gasteiger partial charge in [0.1, 0.15) is 5.82 Å². The van der Waals surface area contributed by atoms with Crippen LogP contribution in [0.1, 0.15) is 51.9 Å². The Balaban J connectivity index is 3.23. The van der Waals surface area contributed by atoms with Gasteiger partial charge in [-0.1, -0.05) is 25.6 Å². The van der Waals surface area contributed by atoms with Crippen LogP contribution in [0.4, 0.5) is 5.82 Å². The third-order valence-corrected chi connectivity index (χ3v) is 4.33. The molecule has 1 atom stereocenters. The van der Waals surface area contributed by atoms with Crippen LogP contribution in [0.25, 0.3) is 0 Å². The maximum Gasteiger partial charge on any atom is 0.253 e. The zero-order valence-corrected chi connectivity index (χ0v) is 16.3. The van der Waals surface area contributed by atoms with Crippen LogP contribution in [0.3, 0.4) is 0 Å². The largest absolute Gasteiger partial charge is 0.349 e. The molecule has 0 bridgehead atoms. The molecule has 0 radical (unpaired) electrons. The number of nitrogens with one attached hydrogen (secondary N) is 2. The number of hydrogen-bond acceptors (Lipinski definition) is 4. The van der Waals surface area contributed by atoms with Crippen molar-refractivity contribution in [3.63, 3.8) is 0 Å². The second kappa shape index (κ2) is 8.37. The molecule has 0 aromatic carbocycles. The topological polar surface area (TPSA) is 75.5 Å². The van der Waals surface area contributed by atoms with Crippen molar-refractivity contribution < 1.29 is 9.59 Å². The van der Waals surface area contributed by atoms with E-state index in [0.29, 0.717) is 28.9 Å². The van der Waals surface area contributed by atoms with E-state index in [2.05, 4.69) is 29.5 Å². The van der Waals surface area contributed by atoms with E-state index in [1.807, 2.05) is 38.5 Å². The molecule has 0 aliphatic carbocycles. The van der Waals surface area contributed by atoms with Gasteiger partial charge in [0.15, 0.2) is 5.17 Å². The van der Waals surface area contributed by atoms with Gasteiger partial charge in [-0.3, -0.25) is 9.59 Å². The maximum absolute atomic E-state index is 12.5. The third kappa shape index (κ3) is 5.40. The van der Waals surface area contributed by atoms with E-state index in [9.17, 15) is 9.59 Å². The predicted octanol–water partition coefficient (Wildman–Crippen LogP) is 3.11. The zero-order valence-electron chi connectivity index (χ0n) is 15.5. The molecule has 0 saturated heterocycles. The average Bonchev–Trinajstić information content (AvgIpc) is 2.90. The second-order valence-electron chi connectivity index (χ2n) is 7.02. The summed E-state index contributed by atoms with van der Waals surface area (Å²) in [4.78, 5) is 27.6. The predicted molar refractivity (Wildman–Crippen MR) is 101 cm³/mol. The van der Waals surface area contributed by atoms with Gasteiger partial charge in [-0.15, -0.1) is 0 Å². The molecule has 1 aromatic rings. The number of aliphatic imine (C=N–C) groups is 1. The third-order valence-electron chi connectivity index (χ3n) is 3.74. The van der Waals surface area contributed by atoms with Gasteiger partial charge in [0.05, 0.1) is 5.56 Å². The Bertz CT molecular complexity index is 615. The summed E-state index contributed by atoms with van der Waals surface area (Å²) in [5, 5.41) is 6.05. The van der Waals surface area contributed by atoms with Crippen molar-refractivity contribution in [1.82, 2.24) is 15.2 Å². The molecule has 0 spiro atoms. The Morgan fingerprint density at radius 2 is 1.96 bits per heavy atom. The lowest BCUT2D eigenvalue weighted by Crippen LogP contribution is -2.36. The normalized spacial score (nSPS) is 13.8. The lowest BCUT2D eigenvalue weighted by Gasteiger charge is -2.23. The van der Waals surface area contributed by atoms with Crippen LogP contribution >= 0.6 is 11.8 Å². The van der Waals surface area contributed by atoms with Gasteiger partial charge < -0.3 is 15.2 Å². The number of carbonyl (C=O) groups is 2. The molecule has 0 aliphatic rings. The van der Waals surface area contributed by atoms with E-state index in [1.54, 1.807) is 12.3 Å². The molecule has 1 unspecified atom stereocenters. The first-order valence-corrected chi connectivity index (χ1v) is 9.19. The highest BCUT2D eigenvalue weighted by atomic mass is 32.2. The van der Waals surface area contributed by atoms with Crippen molar-refractivity contribution in [3.05, 3.63) is 17.8 Å². The van der Waals surface area contributed by atoms with E-state index < -0.39 is 0 Å². The molecular weight excluding hydrogens is 324 g/mol. The molecule has 24 heavy (non-hydrogen) atoms. The van der Waals surface area contributed by atoms with Gasteiger partial charge in [-0.2, -0.15) is 0 Å². The zero-order chi connectivity index (χ0) is 18.5. The van der Waals surface area contributed by atoms with Crippen molar-refractivity contribution in [1.29, 1.82) is 0 Å². The first-order chi connectivity index (χ1) is 11.1. The average molecular weight is 353 g/mol. The molecule has 7 heteroatoms. The summed E-state index contributed by atoms with van der Waals surface area (Å²) in [6, 6.07) is 1.83. The standard InChI is InChI=1S/C17H28N4O2S/c1-11(2)12(3)19-15(23)13-8-14(20-16(24-7)18-10-22)21(9-13)17(4,5)6/h8-12H,1-7H3,(H,19,23)(H,18,20,22). The van der Waals surface area contributed by atoms with Crippen LogP contribution in [0, 0.1) is 5.92 Å². The SMILES string of the molecule is CS/C(=N\c1cc(C(=O)NC(C)C(C)C)cn1C(C)(C)C)NC=O. The first-order valence-electron chi connectivity index (χ1n) is 7.96. The molecular formula is C17H28N4O2S. The number of carbonyl (C=O) groups excluding carboxylic acids is 2. The van der Waals surface area contributed by atoms with Crippen LogP contribution in [-0.4, -0.2) is 34.3 Å². The van der Waals surface area contributed by atoms with Gasteiger partial charge in [0.25, 0.3) is 5.91 Å². The minimum atomic E-state index is -0.244. The van der Waals surface area contributed by atoms with Crippen molar-refractivity contribution in [3.8, 4) is 0 Å². The number of amides is 2. The molecule has 2 N–H and O–H groups in total. The fourth-order valence-electron chi connectivity index (χ4n) is 1.95. The molecule has 1 rings (SSSR count). The summed E-state index contributed by atoms with van der Waals surface area (Å²) in [5.41, 5.74) is 0.314. The van der Waals surface area contributed by atoms with E-state index in [0.717, 1.165) is 0 Å². The quantitative estimate of drug-likeness (QED) is 0.486. The Hall–Kier alpha value is -1.76. The van der Waals surface area contributed by atoms with Gasteiger partial charge >= 0.3 is 0 Å². The van der Waals surface area contributed by atoms with Gasteiger partial charge in [0.2, 0.25) is 6.41 Å². The fourth-order valence-corrected chi connectivity index (χ4v) is 2.30.